The van der Waals surface area contributed by atoms with Gasteiger partial charge in [0, 0.05) is 31.4 Å². The Morgan fingerprint density at radius 1 is 1.38 bits per heavy atom. The molecule has 114 valence electrons. The van der Waals surface area contributed by atoms with Crippen molar-refractivity contribution in [3.05, 3.63) is 23.8 Å². The van der Waals surface area contributed by atoms with Crippen LogP contribution < -0.4 is 0 Å². The summed E-state index contributed by atoms with van der Waals surface area (Å²) in [6, 6.07) is 0.440. The van der Waals surface area contributed by atoms with Crippen molar-refractivity contribution >= 4 is 0 Å². The monoisotopic (exact) mass is 289 g/mol. The molecule has 0 aromatic carbocycles. The lowest BCUT2D eigenvalue weighted by Gasteiger charge is -2.22. The van der Waals surface area contributed by atoms with Crippen LogP contribution >= 0.6 is 0 Å². The Bertz CT molecular complexity index is 573. The van der Waals surface area contributed by atoms with E-state index in [-0.39, 0.29) is 0 Å². The summed E-state index contributed by atoms with van der Waals surface area (Å²) in [5.74, 6) is 0.972. The average molecular weight is 289 g/mol. The van der Waals surface area contributed by atoms with Crippen molar-refractivity contribution in [3.8, 4) is 0 Å². The minimum atomic E-state index is 0.440. The molecule has 1 saturated heterocycles. The predicted molar refractivity (Wildman–Crippen MR) is 78.3 cm³/mol. The maximum atomic E-state index is 4.30. The first-order valence-corrected chi connectivity index (χ1v) is 7.75. The topological polar surface area (TPSA) is 64.7 Å². The Balaban J connectivity index is 1.70. The van der Waals surface area contributed by atoms with E-state index in [1.807, 2.05) is 22.6 Å². The van der Waals surface area contributed by atoms with Gasteiger partial charge in [0.1, 0.15) is 0 Å². The van der Waals surface area contributed by atoms with Crippen LogP contribution in [-0.4, -0.2) is 41.4 Å². The molecule has 21 heavy (non-hydrogen) atoms. The van der Waals surface area contributed by atoms with E-state index in [2.05, 4.69) is 38.6 Å². The van der Waals surface area contributed by atoms with Gasteiger partial charge in [-0.05, 0) is 36.2 Å². The molecule has 3 rings (SSSR count). The van der Waals surface area contributed by atoms with Crippen LogP contribution in [0.5, 0.6) is 0 Å². The van der Waals surface area contributed by atoms with Crippen LogP contribution in [0.15, 0.2) is 12.4 Å². The fourth-order valence-corrected chi connectivity index (χ4v) is 3.00. The molecule has 2 aromatic heterocycles. The first kappa shape index (κ1) is 14.2. The highest BCUT2D eigenvalue weighted by molar-refractivity contribution is 5.12. The first-order valence-electron chi connectivity index (χ1n) is 7.75. The van der Waals surface area contributed by atoms with E-state index >= 15 is 0 Å². The van der Waals surface area contributed by atoms with Crippen molar-refractivity contribution in [3.63, 3.8) is 0 Å². The molecule has 2 aromatic rings. The Labute approximate surface area is 124 Å². The lowest BCUT2D eigenvalue weighted by Crippen LogP contribution is -2.25. The van der Waals surface area contributed by atoms with Crippen LogP contribution in [0.25, 0.3) is 0 Å². The van der Waals surface area contributed by atoms with Gasteiger partial charge in [-0.15, -0.1) is 5.10 Å². The van der Waals surface area contributed by atoms with E-state index in [0.29, 0.717) is 6.04 Å². The van der Waals surface area contributed by atoms with Gasteiger partial charge in [0.2, 0.25) is 0 Å². The van der Waals surface area contributed by atoms with Crippen LogP contribution in [-0.2, 0) is 20.1 Å². The summed E-state index contributed by atoms with van der Waals surface area (Å²) in [5.41, 5.74) is 1.29. The molecule has 1 fully saturated rings. The largest absolute Gasteiger partial charge is 0.289 e. The molecule has 0 N–H and O–H groups in total. The number of hydrogen-bond acceptors (Lipinski definition) is 5. The normalized spacial score (nSPS) is 19.4. The van der Waals surface area contributed by atoms with E-state index in [4.69, 9.17) is 0 Å². The molecule has 1 aliphatic rings. The van der Waals surface area contributed by atoms with Gasteiger partial charge >= 0.3 is 0 Å². The third-order valence-corrected chi connectivity index (χ3v) is 4.15. The van der Waals surface area contributed by atoms with E-state index < -0.39 is 0 Å². The fraction of sp³-hybridized carbons (Fsp3) is 0.714. The summed E-state index contributed by atoms with van der Waals surface area (Å²) < 4.78 is 3.82. The van der Waals surface area contributed by atoms with Gasteiger partial charge in [-0.25, -0.2) is 4.68 Å². The minimum Gasteiger partial charge on any atom is -0.289 e. The van der Waals surface area contributed by atoms with Gasteiger partial charge in [-0.2, -0.15) is 5.10 Å². The first-order chi connectivity index (χ1) is 10.3. The van der Waals surface area contributed by atoms with E-state index in [1.165, 1.54) is 18.4 Å². The third kappa shape index (κ3) is 3.12. The van der Waals surface area contributed by atoms with Gasteiger partial charge in [0.25, 0.3) is 0 Å². The maximum Gasteiger partial charge on any atom is 0.165 e. The lowest BCUT2D eigenvalue weighted by atomic mass is 10.1. The maximum absolute atomic E-state index is 4.30. The second-order valence-corrected chi connectivity index (χ2v) is 5.75. The van der Waals surface area contributed by atoms with Crippen molar-refractivity contribution in [1.29, 1.82) is 0 Å². The van der Waals surface area contributed by atoms with Crippen LogP contribution in [0.2, 0.25) is 0 Å². The van der Waals surface area contributed by atoms with Crippen molar-refractivity contribution in [1.82, 2.24) is 34.9 Å². The Hall–Kier alpha value is -1.76. The molecule has 1 unspecified atom stereocenters. The van der Waals surface area contributed by atoms with Crippen molar-refractivity contribution in [2.75, 3.05) is 6.54 Å². The zero-order valence-corrected chi connectivity index (χ0v) is 12.8. The molecule has 1 atom stereocenters. The zero-order chi connectivity index (χ0) is 14.7. The predicted octanol–water partition coefficient (Wildman–Crippen LogP) is 1.54. The molecule has 0 bridgehead atoms. The van der Waals surface area contributed by atoms with Crippen molar-refractivity contribution in [2.45, 2.75) is 51.7 Å². The molecular weight excluding hydrogens is 266 g/mol. The summed E-state index contributed by atoms with van der Waals surface area (Å²) in [6.45, 7) is 5.00. The quantitative estimate of drug-likeness (QED) is 0.807. The summed E-state index contributed by atoms with van der Waals surface area (Å²) in [7, 11) is 1.97. The molecule has 7 heteroatoms. The number of nitrogens with zero attached hydrogens (tertiary/aromatic N) is 7. The van der Waals surface area contributed by atoms with Gasteiger partial charge in [0.05, 0.1) is 12.7 Å². The molecule has 0 radical (unpaired) electrons. The highest BCUT2D eigenvalue weighted by Gasteiger charge is 2.28. The van der Waals surface area contributed by atoms with Crippen molar-refractivity contribution < 1.29 is 0 Å². The van der Waals surface area contributed by atoms with Gasteiger partial charge in [-0.1, -0.05) is 13.3 Å². The van der Waals surface area contributed by atoms with Crippen LogP contribution in [0.1, 0.15) is 50.0 Å². The summed E-state index contributed by atoms with van der Waals surface area (Å²) >= 11 is 0. The number of likely N-dealkylation sites (tertiary alicyclic amines) is 1. The average Bonchev–Trinajstić information content (AvgIpc) is 3.18. The molecule has 3 heterocycles. The number of tetrazole rings is 1. The summed E-state index contributed by atoms with van der Waals surface area (Å²) in [5, 5.41) is 16.4. The second-order valence-electron chi connectivity index (χ2n) is 5.75. The lowest BCUT2D eigenvalue weighted by molar-refractivity contribution is 0.236. The zero-order valence-electron chi connectivity index (χ0n) is 12.8. The number of rotatable bonds is 6. The summed E-state index contributed by atoms with van der Waals surface area (Å²) in [4.78, 5) is 2.46. The SMILES string of the molecule is CCCCn1nnnc1CN1CCCC1c1cnn(C)c1. The molecule has 0 spiro atoms. The Morgan fingerprint density at radius 3 is 3.05 bits per heavy atom. The number of hydrogen-bond donors (Lipinski definition) is 0. The number of aromatic nitrogens is 6. The Morgan fingerprint density at radius 2 is 2.29 bits per heavy atom. The molecule has 0 aliphatic carbocycles. The van der Waals surface area contributed by atoms with Crippen molar-refractivity contribution in [2.24, 2.45) is 7.05 Å². The second kappa shape index (κ2) is 6.34. The van der Waals surface area contributed by atoms with Crippen LogP contribution in [0.3, 0.4) is 0 Å². The van der Waals surface area contributed by atoms with Crippen LogP contribution in [0, 0.1) is 0 Å². The third-order valence-electron chi connectivity index (χ3n) is 4.15. The molecule has 0 saturated carbocycles. The molecule has 0 amide bonds. The highest BCUT2D eigenvalue weighted by atomic mass is 15.5. The van der Waals surface area contributed by atoms with Gasteiger partial charge < -0.3 is 0 Å². The number of aryl methyl sites for hydroxylation is 2. The van der Waals surface area contributed by atoms with Gasteiger partial charge in [0.15, 0.2) is 5.82 Å². The van der Waals surface area contributed by atoms with E-state index in [9.17, 15) is 0 Å². The highest BCUT2D eigenvalue weighted by Crippen LogP contribution is 2.32. The van der Waals surface area contributed by atoms with E-state index in [1.54, 1.807) is 0 Å². The standard InChI is InChI=1S/C14H23N7/c1-3-4-8-21-14(16-17-18-21)11-20-7-5-6-13(20)12-9-15-19(2)10-12/h9-10,13H,3-8,11H2,1-2H3. The fourth-order valence-electron chi connectivity index (χ4n) is 3.00. The summed E-state index contributed by atoms with van der Waals surface area (Å²) in [6.07, 6.45) is 8.76. The van der Waals surface area contributed by atoms with Crippen LogP contribution in [0.4, 0.5) is 0 Å². The smallest absolute Gasteiger partial charge is 0.165 e. The minimum absolute atomic E-state index is 0.440. The van der Waals surface area contributed by atoms with Gasteiger partial charge in [-0.3, -0.25) is 9.58 Å². The molecule has 7 nitrogen and oxygen atoms in total. The number of unbranched alkanes of at least 4 members (excludes halogenated alkanes) is 1. The van der Waals surface area contributed by atoms with E-state index in [0.717, 1.165) is 38.3 Å². The Kier molecular flexibility index (Phi) is 4.28. The molecular formula is C14H23N7. The molecule has 1 aliphatic heterocycles.